The van der Waals surface area contributed by atoms with Crippen molar-refractivity contribution in [3.8, 4) is 0 Å². The van der Waals surface area contributed by atoms with Crippen molar-refractivity contribution in [3.05, 3.63) is 28.3 Å². The van der Waals surface area contributed by atoms with E-state index in [1.807, 2.05) is 0 Å². The highest BCUT2D eigenvalue weighted by Gasteiger charge is 2.29. The molecule has 2 rings (SSSR count). The van der Waals surface area contributed by atoms with Gasteiger partial charge >= 0.3 is 0 Å². The molecule has 0 radical (unpaired) electrons. The molecule has 0 aliphatic heterocycles. The van der Waals surface area contributed by atoms with Gasteiger partial charge in [0.1, 0.15) is 0 Å². The summed E-state index contributed by atoms with van der Waals surface area (Å²) in [6, 6.07) is 3.67. The monoisotopic (exact) mass is 328 g/mol. The second-order valence-electron chi connectivity index (χ2n) is 5.85. The van der Waals surface area contributed by atoms with Crippen molar-refractivity contribution in [3.63, 3.8) is 0 Å². The first kappa shape index (κ1) is 16.7. The van der Waals surface area contributed by atoms with Crippen molar-refractivity contribution in [1.82, 2.24) is 0 Å². The summed E-state index contributed by atoms with van der Waals surface area (Å²) >= 11 is 0. The Morgan fingerprint density at radius 3 is 2.50 bits per heavy atom. The molecular formula is C14H20N2O5S. The van der Waals surface area contributed by atoms with Crippen LogP contribution in [0, 0.1) is 10.1 Å². The SMILES string of the molecule is CS(=O)(=O)c1cc([N+](=O)[O-])ccc1NCC1(O)CCCCC1. The Labute approximate surface area is 129 Å². The molecule has 0 unspecified atom stereocenters. The van der Waals surface area contributed by atoms with Crippen LogP contribution in [0.2, 0.25) is 0 Å². The molecule has 1 aromatic carbocycles. The minimum atomic E-state index is -3.61. The highest BCUT2D eigenvalue weighted by atomic mass is 32.2. The van der Waals surface area contributed by atoms with Gasteiger partial charge in [-0.25, -0.2) is 8.42 Å². The highest BCUT2D eigenvalue weighted by Crippen LogP contribution is 2.30. The van der Waals surface area contributed by atoms with Crippen LogP contribution in [0.1, 0.15) is 32.1 Å². The standard InChI is InChI=1S/C14H20N2O5S/c1-22(20,21)13-9-11(16(18)19)5-6-12(13)15-10-14(17)7-3-2-4-8-14/h5-6,9,15,17H,2-4,7-8,10H2,1H3. The zero-order valence-corrected chi connectivity index (χ0v) is 13.2. The first-order valence-electron chi connectivity index (χ1n) is 7.16. The summed E-state index contributed by atoms with van der Waals surface area (Å²) in [5.74, 6) is 0. The maximum Gasteiger partial charge on any atom is 0.270 e. The molecule has 0 spiro atoms. The number of benzene rings is 1. The summed E-state index contributed by atoms with van der Waals surface area (Å²) in [6.07, 6.45) is 5.32. The predicted octanol–water partition coefficient (Wildman–Crippen LogP) is 2.11. The molecular weight excluding hydrogens is 308 g/mol. The van der Waals surface area contributed by atoms with E-state index in [2.05, 4.69) is 5.32 Å². The fourth-order valence-corrected chi connectivity index (χ4v) is 3.60. The third-order valence-corrected chi connectivity index (χ3v) is 5.10. The number of anilines is 1. The molecule has 0 atom stereocenters. The molecule has 0 heterocycles. The molecule has 0 aromatic heterocycles. The summed E-state index contributed by atoms with van der Waals surface area (Å²) in [6.45, 7) is 0.229. The minimum Gasteiger partial charge on any atom is -0.388 e. The van der Waals surface area contributed by atoms with E-state index < -0.39 is 20.4 Å². The number of nitrogens with zero attached hydrogens (tertiary/aromatic N) is 1. The molecule has 122 valence electrons. The number of nitrogens with one attached hydrogen (secondary N) is 1. The second kappa shape index (κ2) is 6.21. The van der Waals surface area contributed by atoms with Crippen LogP contribution in [0.4, 0.5) is 11.4 Å². The van der Waals surface area contributed by atoms with E-state index in [1.54, 1.807) is 0 Å². The third kappa shape index (κ3) is 3.95. The molecule has 1 aliphatic carbocycles. The lowest BCUT2D eigenvalue weighted by Gasteiger charge is -2.32. The molecule has 1 aliphatic rings. The van der Waals surface area contributed by atoms with Crippen molar-refractivity contribution < 1.29 is 18.4 Å². The van der Waals surface area contributed by atoms with Crippen LogP contribution in [-0.4, -0.2) is 36.8 Å². The Kier molecular flexibility index (Phi) is 4.72. The van der Waals surface area contributed by atoms with Crippen LogP contribution in [0.5, 0.6) is 0 Å². The van der Waals surface area contributed by atoms with E-state index in [0.29, 0.717) is 12.8 Å². The van der Waals surface area contributed by atoms with Crippen molar-refractivity contribution in [2.45, 2.75) is 42.6 Å². The molecule has 0 saturated heterocycles. The smallest absolute Gasteiger partial charge is 0.270 e. The van der Waals surface area contributed by atoms with E-state index >= 15 is 0 Å². The Hall–Kier alpha value is -1.67. The first-order valence-corrected chi connectivity index (χ1v) is 9.05. The van der Waals surface area contributed by atoms with E-state index in [0.717, 1.165) is 31.6 Å². The van der Waals surface area contributed by atoms with Crippen LogP contribution < -0.4 is 5.32 Å². The molecule has 1 fully saturated rings. The lowest BCUT2D eigenvalue weighted by molar-refractivity contribution is -0.385. The minimum absolute atomic E-state index is 0.124. The van der Waals surface area contributed by atoms with Gasteiger partial charge in [-0.05, 0) is 18.9 Å². The fourth-order valence-electron chi connectivity index (χ4n) is 2.72. The van der Waals surface area contributed by atoms with Crippen LogP contribution in [0.3, 0.4) is 0 Å². The highest BCUT2D eigenvalue weighted by molar-refractivity contribution is 7.90. The topological polar surface area (TPSA) is 110 Å². The summed E-state index contributed by atoms with van der Waals surface area (Å²) < 4.78 is 23.7. The van der Waals surface area contributed by atoms with E-state index in [1.165, 1.54) is 12.1 Å². The maximum atomic E-state index is 11.8. The van der Waals surface area contributed by atoms with Crippen LogP contribution in [0.25, 0.3) is 0 Å². The number of aliphatic hydroxyl groups is 1. The second-order valence-corrected chi connectivity index (χ2v) is 7.83. The number of sulfone groups is 1. The fraction of sp³-hybridized carbons (Fsp3) is 0.571. The zero-order valence-electron chi connectivity index (χ0n) is 12.4. The van der Waals surface area contributed by atoms with Gasteiger partial charge in [0.15, 0.2) is 9.84 Å². The van der Waals surface area contributed by atoms with E-state index in [4.69, 9.17) is 0 Å². The molecule has 8 heteroatoms. The first-order chi connectivity index (χ1) is 10.2. The molecule has 1 saturated carbocycles. The van der Waals surface area contributed by atoms with Crippen molar-refractivity contribution in [2.24, 2.45) is 0 Å². The van der Waals surface area contributed by atoms with Gasteiger partial charge in [0.05, 0.1) is 21.1 Å². The quantitative estimate of drug-likeness (QED) is 0.633. The normalized spacial score (nSPS) is 17.9. The molecule has 0 bridgehead atoms. The summed E-state index contributed by atoms with van der Waals surface area (Å²) in [5, 5.41) is 24.2. The van der Waals surface area contributed by atoms with Crippen molar-refractivity contribution in [1.29, 1.82) is 0 Å². The summed E-state index contributed by atoms with van der Waals surface area (Å²) in [4.78, 5) is 10.0. The molecule has 2 N–H and O–H groups in total. The van der Waals surface area contributed by atoms with Gasteiger partial charge in [0, 0.05) is 24.9 Å². The Bertz CT molecular complexity index is 666. The van der Waals surface area contributed by atoms with Crippen LogP contribution in [-0.2, 0) is 9.84 Å². The molecule has 7 nitrogen and oxygen atoms in total. The number of nitro groups is 1. The number of rotatable bonds is 5. The van der Waals surface area contributed by atoms with Gasteiger partial charge in [0.2, 0.25) is 0 Å². The lowest BCUT2D eigenvalue weighted by Crippen LogP contribution is -2.39. The average Bonchev–Trinajstić information content (AvgIpc) is 2.45. The van der Waals surface area contributed by atoms with Gasteiger partial charge in [-0.1, -0.05) is 19.3 Å². The van der Waals surface area contributed by atoms with E-state index in [9.17, 15) is 23.6 Å². The van der Waals surface area contributed by atoms with Crippen LogP contribution >= 0.6 is 0 Å². The van der Waals surface area contributed by atoms with Gasteiger partial charge < -0.3 is 10.4 Å². The Morgan fingerprint density at radius 1 is 1.32 bits per heavy atom. The van der Waals surface area contributed by atoms with Crippen molar-refractivity contribution in [2.75, 3.05) is 18.1 Å². The number of non-ortho nitro benzene ring substituents is 1. The Balaban J connectivity index is 2.25. The summed E-state index contributed by atoms with van der Waals surface area (Å²) in [5.41, 5.74) is -0.844. The average molecular weight is 328 g/mol. The maximum absolute atomic E-state index is 11.8. The lowest BCUT2D eigenvalue weighted by atomic mass is 9.85. The number of hydrogen-bond donors (Lipinski definition) is 2. The number of nitro benzene ring substituents is 1. The van der Waals surface area contributed by atoms with Gasteiger partial charge in [-0.15, -0.1) is 0 Å². The molecule has 1 aromatic rings. The van der Waals surface area contributed by atoms with Crippen LogP contribution in [0.15, 0.2) is 23.1 Å². The van der Waals surface area contributed by atoms with Gasteiger partial charge in [-0.2, -0.15) is 0 Å². The zero-order chi connectivity index (χ0) is 16.4. The predicted molar refractivity (Wildman–Crippen MR) is 82.7 cm³/mol. The largest absolute Gasteiger partial charge is 0.388 e. The van der Waals surface area contributed by atoms with Gasteiger partial charge in [0.25, 0.3) is 5.69 Å². The summed E-state index contributed by atoms with van der Waals surface area (Å²) in [7, 11) is -3.61. The molecule has 0 amide bonds. The van der Waals surface area contributed by atoms with E-state index in [-0.39, 0.29) is 22.8 Å². The van der Waals surface area contributed by atoms with Crippen molar-refractivity contribution >= 4 is 21.2 Å². The Morgan fingerprint density at radius 2 is 1.95 bits per heavy atom. The third-order valence-electron chi connectivity index (χ3n) is 3.97. The number of hydrogen-bond acceptors (Lipinski definition) is 6. The molecule has 22 heavy (non-hydrogen) atoms. The van der Waals surface area contributed by atoms with Gasteiger partial charge in [-0.3, -0.25) is 10.1 Å².